The van der Waals surface area contributed by atoms with E-state index in [0.717, 1.165) is 31.7 Å². The second-order valence-corrected chi connectivity index (χ2v) is 4.33. The van der Waals surface area contributed by atoms with Crippen LogP contribution in [0.5, 0.6) is 0 Å². The summed E-state index contributed by atoms with van der Waals surface area (Å²) in [7, 11) is 0. The summed E-state index contributed by atoms with van der Waals surface area (Å²) in [4.78, 5) is 4.27. The molecule has 0 saturated carbocycles. The molecule has 0 saturated heterocycles. The third-order valence-corrected chi connectivity index (χ3v) is 2.77. The molecule has 18 heavy (non-hydrogen) atoms. The van der Waals surface area contributed by atoms with Crippen molar-refractivity contribution in [1.29, 1.82) is 0 Å². The van der Waals surface area contributed by atoms with Crippen LogP contribution in [0.3, 0.4) is 0 Å². The molecular weight excluding hydrogens is 224 g/mol. The first kappa shape index (κ1) is 12.8. The van der Waals surface area contributed by atoms with E-state index in [-0.39, 0.29) is 0 Å². The van der Waals surface area contributed by atoms with Crippen molar-refractivity contribution >= 4 is 0 Å². The third-order valence-electron chi connectivity index (χ3n) is 2.77. The van der Waals surface area contributed by atoms with Gasteiger partial charge in [0.05, 0.1) is 6.20 Å². The molecule has 1 N–H and O–H groups in total. The number of aromatic nitrogens is 3. The van der Waals surface area contributed by atoms with Gasteiger partial charge in [-0.25, -0.2) is 9.67 Å². The summed E-state index contributed by atoms with van der Waals surface area (Å²) in [5.41, 5.74) is 1.26. The SMILES string of the molecule is CCCNCCCc1cnn(-c2ccccn2)c1. The van der Waals surface area contributed by atoms with E-state index >= 15 is 0 Å². The highest BCUT2D eigenvalue weighted by Crippen LogP contribution is 2.06. The fourth-order valence-corrected chi connectivity index (χ4v) is 1.82. The van der Waals surface area contributed by atoms with Gasteiger partial charge in [-0.15, -0.1) is 0 Å². The second kappa shape index (κ2) is 6.91. The van der Waals surface area contributed by atoms with Gasteiger partial charge >= 0.3 is 0 Å². The highest BCUT2D eigenvalue weighted by Gasteiger charge is 2.01. The summed E-state index contributed by atoms with van der Waals surface area (Å²) < 4.78 is 1.83. The molecule has 0 aliphatic heterocycles. The molecule has 0 atom stereocenters. The highest BCUT2D eigenvalue weighted by atomic mass is 15.3. The molecule has 0 aromatic carbocycles. The third kappa shape index (κ3) is 3.67. The average Bonchev–Trinajstić information content (AvgIpc) is 2.88. The Kier molecular flexibility index (Phi) is 4.90. The van der Waals surface area contributed by atoms with E-state index in [2.05, 4.69) is 28.5 Å². The molecule has 2 rings (SSSR count). The topological polar surface area (TPSA) is 42.7 Å². The van der Waals surface area contributed by atoms with Crippen LogP contribution in [-0.4, -0.2) is 27.9 Å². The van der Waals surface area contributed by atoms with Crippen molar-refractivity contribution in [2.75, 3.05) is 13.1 Å². The lowest BCUT2D eigenvalue weighted by Gasteiger charge is -2.01. The number of hydrogen-bond donors (Lipinski definition) is 1. The smallest absolute Gasteiger partial charge is 0.153 e. The van der Waals surface area contributed by atoms with Crippen LogP contribution >= 0.6 is 0 Å². The largest absolute Gasteiger partial charge is 0.317 e. The molecule has 0 spiro atoms. The van der Waals surface area contributed by atoms with Gasteiger partial charge in [0.15, 0.2) is 5.82 Å². The molecule has 4 heteroatoms. The van der Waals surface area contributed by atoms with Crippen LogP contribution in [0.25, 0.3) is 5.82 Å². The van der Waals surface area contributed by atoms with Crippen molar-refractivity contribution in [3.63, 3.8) is 0 Å². The molecule has 0 aliphatic carbocycles. The van der Waals surface area contributed by atoms with Crippen molar-refractivity contribution < 1.29 is 0 Å². The maximum atomic E-state index is 4.34. The fourth-order valence-electron chi connectivity index (χ4n) is 1.82. The summed E-state index contributed by atoms with van der Waals surface area (Å²) in [6, 6.07) is 5.84. The first-order valence-corrected chi connectivity index (χ1v) is 6.56. The average molecular weight is 244 g/mol. The number of rotatable bonds is 7. The molecule has 0 fully saturated rings. The number of hydrogen-bond acceptors (Lipinski definition) is 3. The van der Waals surface area contributed by atoms with Crippen LogP contribution in [0, 0.1) is 0 Å². The summed E-state index contributed by atoms with van der Waals surface area (Å²) in [5.74, 6) is 0.868. The van der Waals surface area contributed by atoms with Crippen LogP contribution in [0.15, 0.2) is 36.8 Å². The predicted molar refractivity (Wildman–Crippen MR) is 72.8 cm³/mol. The lowest BCUT2D eigenvalue weighted by Crippen LogP contribution is -2.16. The van der Waals surface area contributed by atoms with Gasteiger partial charge < -0.3 is 5.32 Å². The Bertz CT molecular complexity index is 450. The van der Waals surface area contributed by atoms with Gasteiger partial charge in [0, 0.05) is 12.4 Å². The Balaban J connectivity index is 1.83. The minimum Gasteiger partial charge on any atom is -0.317 e. The highest BCUT2D eigenvalue weighted by molar-refractivity contribution is 5.22. The molecule has 96 valence electrons. The minimum absolute atomic E-state index is 0.868. The van der Waals surface area contributed by atoms with Crippen molar-refractivity contribution in [2.45, 2.75) is 26.2 Å². The number of aryl methyl sites for hydroxylation is 1. The van der Waals surface area contributed by atoms with E-state index in [0.29, 0.717) is 0 Å². The van der Waals surface area contributed by atoms with Crippen molar-refractivity contribution in [1.82, 2.24) is 20.1 Å². The Morgan fingerprint density at radius 3 is 3.00 bits per heavy atom. The fraction of sp³-hybridized carbons (Fsp3) is 0.429. The van der Waals surface area contributed by atoms with Gasteiger partial charge in [-0.2, -0.15) is 5.10 Å². The summed E-state index contributed by atoms with van der Waals surface area (Å²) in [5, 5.41) is 7.74. The van der Waals surface area contributed by atoms with Gasteiger partial charge in [0.25, 0.3) is 0 Å². The van der Waals surface area contributed by atoms with Crippen molar-refractivity contribution in [3.05, 3.63) is 42.4 Å². The summed E-state index contributed by atoms with van der Waals surface area (Å²) >= 11 is 0. The zero-order valence-electron chi connectivity index (χ0n) is 10.8. The van der Waals surface area contributed by atoms with Crippen LogP contribution in [0.1, 0.15) is 25.3 Å². The van der Waals surface area contributed by atoms with E-state index in [1.54, 1.807) is 6.20 Å². The molecule has 0 aliphatic rings. The Morgan fingerprint density at radius 2 is 2.22 bits per heavy atom. The van der Waals surface area contributed by atoms with Gasteiger partial charge in [0.1, 0.15) is 0 Å². The number of nitrogens with zero attached hydrogens (tertiary/aromatic N) is 3. The normalized spacial score (nSPS) is 10.7. The Labute approximate surface area is 108 Å². The maximum absolute atomic E-state index is 4.34. The monoisotopic (exact) mass is 244 g/mol. The van der Waals surface area contributed by atoms with Crippen LogP contribution in [0.4, 0.5) is 0 Å². The van der Waals surface area contributed by atoms with E-state index in [1.807, 2.05) is 29.1 Å². The molecule has 2 aromatic rings. The van der Waals surface area contributed by atoms with Gasteiger partial charge in [-0.3, -0.25) is 0 Å². The molecule has 4 nitrogen and oxygen atoms in total. The van der Waals surface area contributed by atoms with Crippen LogP contribution < -0.4 is 5.32 Å². The van der Waals surface area contributed by atoms with E-state index in [1.165, 1.54) is 12.0 Å². The second-order valence-electron chi connectivity index (χ2n) is 4.33. The first-order valence-electron chi connectivity index (χ1n) is 6.56. The molecule has 0 unspecified atom stereocenters. The Morgan fingerprint density at radius 1 is 1.28 bits per heavy atom. The van der Waals surface area contributed by atoms with Crippen molar-refractivity contribution in [3.8, 4) is 5.82 Å². The van der Waals surface area contributed by atoms with Gasteiger partial charge in [0.2, 0.25) is 0 Å². The molecule has 0 radical (unpaired) electrons. The van der Waals surface area contributed by atoms with Gasteiger partial charge in [-0.1, -0.05) is 13.0 Å². The summed E-state index contributed by atoms with van der Waals surface area (Å²) in [6.07, 6.45) is 9.16. The number of nitrogens with one attached hydrogen (secondary N) is 1. The van der Waals surface area contributed by atoms with E-state index in [9.17, 15) is 0 Å². The maximum Gasteiger partial charge on any atom is 0.153 e. The molecule has 0 bridgehead atoms. The zero-order valence-corrected chi connectivity index (χ0v) is 10.8. The lowest BCUT2D eigenvalue weighted by atomic mass is 10.2. The van der Waals surface area contributed by atoms with E-state index < -0.39 is 0 Å². The van der Waals surface area contributed by atoms with Crippen molar-refractivity contribution in [2.24, 2.45) is 0 Å². The minimum atomic E-state index is 0.868. The molecule has 0 amide bonds. The predicted octanol–water partition coefficient (Wildman–Crippen LogP) is 2.20. The zero-order chi connectivity index (χ0) is 12.6. The Hall–Kier alpha value is -1.68. The van der Waals surface area contributed by atoms with Crippen LogP contribution in [-0.2, 0) is 6.42 Å². The standard InChI is InChI=1S/C14H20N4/c1-2-8-15-9-5-6-13-11-17-18(12-13)14-7-3-4-10-16-14/h3-4,7,10-12,15H,2,5-6,8-9H2,1H3. The molecule has 2 heterocycles. The molecular formula is C14H20N4. The van der Waals surface area contributed by atoms with Crippen LogP contribution in [0.2, 0.25) is 0 Å². The lowest BCUT2D eigenvalue weighted by molar-refractivity contribution is 0.640. The number of pyridine rings is 1. The van der Waals surface area contributed by atoms with Gasteiger partial charge in [-0.05, 0) is 50.0 Å². The molecule has 2 aromatic heterocycles. The quantitative estimate of drug-likeness (QED) is 0.759. The van der Waals surface area contributed by atoms with E-state index in [4.69, 9.17) is 0 Å². The summed E-state index contributed by atoms with van der Waals surface area (Å²) in [6.45, 7) is 4.36. The first-order chi connectivity index (χ1) is 8.90.